The summed E-state index contributed by atoms with van der Waals surface area (Å²) in [5, 5.41) is 0. The van der Waals surface area contributed by atoms with E-state index in [1.165, 1.54) is 20.0 Å². The first kappa shape index (κ1) is 9.52. The molecule has 3 heteroatoms. The van der Waals surface area contributed by atoms with Crippen LogP contribution in [0.1, 0.15) is 26.2 Å². The van der Waals surface area contributed by atoms with Crippen LogP contribution in [0.2, 0.25) is 0 Å². The second kappa shape index (κ2) is 3.90. The highest BCUT2D eigenvalue weighted by Crippen LogP contribution is 2.44. The van der Waals surface area contributed by atoms with E-state index in [4.69, 9.17) is 4.74 Å². The summed E-state index contributed by atoms with van der Waals surface area (Å²) in [4.78, 5) is 10.6. The Kier molecular flexibility index (Phi) is 3.09. The molecule has 1 aliphatic carbocycles. The van der Waals surface area contributed by atoms with E-state index in [0.29, 0.717) is 18.4 Å². The number of carbonyl (C=O) groups excluding carboxylic acids is 1. The molecule has 1 rings (SSSR count). The van der Waals surface area contributed by atoms with E-state index in [1.54, 1.807) is 0 Å². The zero-order valence-electron chi connectivity index (χ0n) is 7.76. The van der Waals surface area contributed by atoms with Gasteiger partial charge in [-0.1, -0.05) is 6.92 Å². The Morgan fingerprint density at radius 1 is 1.50 bits per heavy atom. The molecule has 0 heterocycles. The van der Waals surface area contributed by atoms with Crippen LogP contribution in [0, 0.1) is 5.41 Å². The Bertz CT molecular complexity index is 161. The van der Waals surface area contributed by atoms with E-state index >= 15 is 0 Å². The van der Waals surface area contributed by atoms with Crippen LogP contribution in [0.4, 0.5) is 0 Å². The molecule has 0 aromatic heterocycles. The largest absolute Gasteiger partial charge is 0.469 e. The second-order valence-corrected chi connectivity index (χ2v) is 3.69. The third-order valence-electron chi connectivity index (χ3n) is 2.23. The minimum Gasteiger partial charge on any atom is -0.469 e. The number of ether oxygens (including phenoxy) is 2. The lowest BCUT2D eigenvalue weighted by Gasteiger charge is -2.07. The van der Waals surface area contributed by atoms with Crippen LogP contribution >= 0.6 is 0 Å². The van der Waals surface area contributed by atoms with Crippen molar-refractivity contribution in [2.24, 2.45) is 5.41 Å². The molecule has 0 N–H and O–H groups in total. The summed E-state index contributed by atoms with van der Waals surface area (Å²) in [5.41, 5.74) is 0.413. The van der Waals surface area contributed by atoms with Gasteiger partial charge < -0.3 is 9.47 Å². The van der Waals surface area contributed by atoms with Gasteiger partial charge in [-0.3, -0.25) is 4.79 Å². The van der Waals surface area contributed by atoms with Crippen molar-refractivity contribution in [1.29, 1.82) is 0 Å². The number of hydrogen-bond acceptors (Lipinski definition) is 3. The van der Waals surface area contributed by atoms with Crippen molar-refractivity contribution in [3.63, 3.8) is 0 Å². The van der Waals surface area contributed by atoms with E-state index in [9.17, 15) is 4.79 Å². The Morgan fingerprint density at radius 2 is 2.17 bits per heavy atom. The minimum atomic E-state index is -0.198. The van der Waals surface area contributed by atoms with Crippen LogP contribution in [0.5, 0.6) is 0 Å². The van der Waals surface area contributed by atoms with E-state index in [-0.39, 0.29) is 5.97 Å². The van der Waals surface area contributed by atoms with Crippen molar-refractivity contribution in [2.75, 3.05) is 20.3 Å². The Balaban J connectivity index is 1.92. The number of esters is 1. The maximum atomic E-state index is 10.6. The molecular formula is C9H16O3. The molecule has 0 radical (unpaired) electrons. The first-order chi connectivity index (χ1) is 5.66. The molecule has 0 atom stereocenters. The lowest BCUT2D eigenvalue weighted by molar-refractivity contribution is -0.141. The van der Waals surface area contributed by atoms with Crippen LogP contribution in [0.15, 0.2) is 0 Å². The third kappa shape index (κ3) is 3.22. The topological polar surface area (TPSA) is 35.5 Å². The summed E-state index contributed by atoms with van der Waals surface area (Å²) >= 11 is 0. The average molecular weight is 172 g/mol. The first-order valence-corrected chi connectivity index (χ1v) is 4.31. The maximum absolute atomic E-state index is 10.6. The normalized spacial score (nSPS) is 18.8. The Labute approximate surface area is 73.0 Å². The summed E-state index contributed by atoms with van der Waals surface area (Å²) in [6, 6.07) is 0. The van der Waals surface area contributed by atoms with Gasteiger partial charge in [-0.05, 0) is 18.3 Å². The Morgan fingerprint density at radius 3 is 2.67 bits per heavy atom. The zero-order chi connectivity index (χ0) is 9.03. The summed E-state index contributed by atoms with van der Waals surface area (Å²) in [5.74, 6) is -0.198. The molecule has 1 fully saturated rings. The summed E-state index contributed by atoms with van der Waals surface area (Å²) in [6.07, 6.45) is 2.88. The maximum Gasteiger partial charge on any atom is 0.307 e. The second-order valence-electron chi connectivity index (χ2n) is 3.69. The van der Waals surface area contributed by atoms with Crippen molar-refractivity contribution in [3.05, 3.63) is 0 Å². The predicted octanol–water partition coefficient (Wildman–Crippen LogP) is 1.37. The number of hydrogen-bond donors (Lipinski definition) is 0. The molecule has 1 saturated carbocycles. The van der Waals surface area contributed by atoms with Crippen LogP contribution in [0.25, 0.3) is 0 Å². The Hall–Kier alpha value is -0.570. The molecule has 3 nitrogen and oxygen atoms in total. The molecule has 70 valence electrons. The molecule has 0 bridgehead atoms. The average Bonchev–Trinajstić information content (AvgIpc) is 2.78. The monoisotopic (exact) mass is 172 g/mol. The molecule has 0 aliphatic heterocycles. The number of rotatable bonds is 5. The smallest absolute Gasteiger partial charge is 0.307 e. The van der Waals surface area contributed by atoms with Crippen molar-refractivity contribution in [1.82, 2.24) is 0 Å². The molecule has 1 aliphatic rings. The third-order valence-corrected chi connectivity index (χ3v) is 2.23. The molecule has 0 aromatic rings. The molecular weight excluding hydrogens is 156 g/mol. The van der Waals surface area contributed by atoms with Gasteiger partial charge in [0.25, 0.3) is 0 Å². The first-order valence-electron chi connectivity index (χ1n) is 4.31. The quantitative estimate of drug-likeness (QED) is 0.464. The SMILES string of the molecule is COC(=O)CCOCC1(C)CC1. The predicted molar refractivity (Wildman–Crippen MR) is 44.8 cm³/mol. The molecule has 0 aromatic carbocycles. The number of methoxy groups -OCH3 is 1. The molecule has 12 heavy (non-hydrogen) atoms. The highest BCUT2D eigenvalue weighted by Gasteiger charge is 2.37. The van der Waals surface area contributed by atoms with Crippen molar-refractivity contribution in [2.45, 2.75) is 26.2 Å². The zero-order valence-corrected chi connectivity index (χ0v) is 7.76. The van der Waals surface area contributed by atoms with Gasteiger partial charge in [0, 0.05) is 0 Å². The van der Waals surface area contributed by atoms with Crippen LogP contribution in [0.3, 0.4) is 0 Å². The summed E-state index contributed by atoms with van der Waals surface area (Å²) in [7, 11) is 1.39. The van der Waals surface area contributed by atoms with E-state index < -0.39 is 0 Å². The van der Waals surface area contributed by atoms with Crippen molar-refractivity contribution < 1.29 is 14.3 Å². The molecule has 0 spiro atoms. The van der Waals surface area contributed by atoms with Crippen molar-refractivity contribution in [3.8, 4) is 0 Å². The van der Waals surface area contributed by atoms with Crippen LogP contribution in [-0.2, 0) is 14.3 Å². The fourth-order valence-electron chi connectivity index (χ4n) is 0.934. The van der Waals surface area contributed by atoms with Gasteiger partial charge in [0.2, 0.25) is 0 Å². The van der Waals surface area contributed by atoms with E-state index in [1.807, 2.05) is 0 Å². The summed E-state index contributed by atoms with van der Waals surface area (Å²) < 4.78 is 9.81. The van der Waals surface area contributed by atoms with E-state index in [2.05, 4.69) is 11.7 Å². The van der Waals surface area contributed by atoms with Gasteiger partial charge in [-0.25, -0.2) is 0 Å². The van der Waals surface area contributed by atoms with E-state index in [0.717, 1.165) is 6.61 Å². The van der Waals surface area contributed by atoms with Gasteiger partial charge in [0.05, 0.1) is 26.7 Å². The van der Waals surface area contributed by atoms with Gasteiger partial charge >= 0.3 is 5.97 Å². The molecule has 0 amide bonds. The fourth-order valence-corrected chi connectivity index (χ4v) is 0.934. The molecule has 0 unspecified atom stereocenters. The lowest BCUT2D eigenvalue weighted by Crippen LogP contribution is -2.10. The minimum absolute atomic E-state index is 0.198. The van der Waals surface area contributed by atoms with Gasteiger partial charge in [-0.2, -0.15) is 0 Å². The summed E-state index contributed by atoms with van der Waals surface area (Å²) in [6.45, 7) is 3.47. The fraction of sp³-hybridized carbons (Fsp3) is 0.889. The highest BCUT2D eigenvalue weighted by atomic mass is 16.5. The highest BCUT2D eigenvalue weighted by molar-refractivity contribution is 5.69. The number of carbonyl (C=O) groups is 1. The van der Waals surface area contributed by atoms with Gasteiger partial charge in [0.15, 0.2) is 0 Å². The van der Waals surface area contributed by atoms with Gasteiger partial charge in [0.1, 0.15) is 0 Å². The van der Waals surface area contributed by atoms with Crippen LogP contribution < -0.4 is 0 Å². The standard InChI is InChI=1S/C9H16O3/c1-9(4-5-9)7-12-6-3-8(10)11-2/h3-7H2,1-2H3. The van der Waals surface area contributed by atoms with Crippen LogP contribution in [-0.4, -0.2) is 26.3 Å². The van der Waals surface area contributed by atoms with Crippen molar-refractivity contribution >= 4 is 5.97 Å². The van der Waals surface area contributed by atoms with Gasteiger partial charge in [-0.15, -0.1) is 0 Å². The molecule has 0 saturated heterocycles. The lowest BCUT2D eigenvalue weighted by atomic mass is 10.2.